The summed E-state index contributed by atoms with van der Waals surface area (Å²) in [5, 5.41) is 0. The van der Waals surface area contributed by atoms with Gasteiger partial charge in [-0.1, -0.05) is 26.0 Å². The standard InChI is InChI=1S/C16H23NO2/c1-12(2)13-6-7-15-14(11-13)5-4-9-17(15)16(18)8-10-19-3/h6-7,11-12H,4-5,8-10H2,1-3H3. The van der Waals surface area contributed by atoms with E-state index in [1.54, 1.807) is 7.11 Å². The van der Waals surface area contributed by atoms with Crippen molar-refractivity contribution in [1.29, 1.82) is 0 Å². The Morgan fingerprint density at radius 2 is 2.21 bits per heavy atom. The minimum Gasteiger partial charge on any atom is -0.384 e. The van der Waals surface area contributed by atoms with Crippen LogP contribution in [0.4, 0.5) is 5.69 Å². The molecule has 0 spiro atoms. The zero-order chi connectivity index (χ0) is 13.8. The van der Waals surface area contributed by atoms with Crippen molar-refractivity contribution in [3.05, 3.63) is 29.3 Å². The third kappa shape index (κ3) is 3.16. The zero-order valence-electron chi connectivity index (χ0n) is 12.1. The summed E-state index contributed by atoms with van der Waals surface area (Å²) in [5.74, 6) is 0.699. The molecule has 0 aliphatic carbocycles. The van der Waals surface area contributed by atoms with Gasteiger partial charge in [0, 0.05) is 19.3 Å². The summed E-state index contributed by atoms with van der Waals surface area (Å²) in [7, 11) is 1.63. The van der Waals surface area contributed by atoms with Gasteiger partial charge in [0.05, 0.1) is 13.0 Å². The first-order valence-electron chi connectivity index (χ1n) is 7.05. The second kappa shape index (κ2) is 6.20. The van der Waals surface area contributed by atoms with Crippen LogP contribution in [0.2, 0.25) is 0 Å². The Bertz CT molecular complexity index is 454. The van der Waals surface area contributed by atoms with E-state index in [2.05, 4.69) is 32.0 Å². The monoisotopic (exact) mass is 261 g/mol. The van der Waals surface area contributed by atoms with E-state index in [1.807, 2.05) is 4.90 Å². The molecule has 0 saturated carbocycles. The minimum absolute atomic E-state index is 0.167. The number of aryl methyl sites for hydroxylation is 1. The predicted octanol–water partition coefficient (Wildman–Crippen LogP) is 3.13. The van der Waals surface area contributed by atoms with Gasteiger partial charge in [-0.15, -0.1) is 0 Å². The lowest BCUT2D eigenvalue weighted by Crippen LogP contribution is -2.36. The highest BCUT2D eigenvalue weighted by atomic mass is 16.5. The van der Waals surface area contributed by atoms with Crippen LogP contribution in [-0.4, -0.2) is 26.2 Å². The van der Waals surface area contributed by atoms with E-state index < -0.39 is 0 Å². The summed E-state index contributed by atoms with van der Waals surface area (Å²) >= 11 is 0. The topological polar surface area (TPSA) is 29.5 Å². The molecule has 1 aromatic carbocycles. The number of benzene rings is 1. The fraction of sp³-hybridized carbons (Fsp3) is 0.562. The highest BCUT2D eigenvalue weighted by molar-refractivity contribution is 5.94. The maximum atomic E-state index is 12.2. The molecule has 0 fully saturated rings. The number of carbonyl (C=O) groups is 1. The van der Waals surface area contributed by atoms with E-state index >= 15 is 0 Å². The van der Waals surface area contributed by atoms with Crippen molar-refractivity contribution in [2.45, 2.75) is 39.0 Å². The number of carbonyl (C=O) groups excluding carboxylic acids is 1. The van der Waals surface area contributed by atoms with Gasteiger partial charge < -0.3 is 9.64 Å². The van der Waals surface area contributed by atoms with Crippen LogP contribution in [0.5, 0.6) is 0 Å². The SMILES string of the molecule is COCCC(=O)N1CCCc2cc(C(C)C)ccc21. The average Bonchev–Trinajstić information content (AvgIpc) is 2.43. The van der Waals surface area contributed by atoms with Gasteiger partial charge in [0.15, 0.2) is 0 Å². The van der Waals surface area contributed by atoms with Crippen LogP contribution >= 0.6 is 0 Å². The third-order valence-electron chi connectivity index (χ3n) is 3.71. The van der Waals surface area contributed by atoms with E-state index in [0.29, 0.717) is 18.9 Å². The molecule has 0 aromatic heterocycles. The molecule has 1 aliphatic rings. The van der Waals surface area contributed by atoms with E-state index in [4.69, 9.17) is 4.74 Å². The fourth-order valence-electron chi connectivity index (χ4n) is 2.56. The molecule has 104 valence electrons. The second-order valence-corrected chi connectivity index (χ2v) is 5.43. The first-order valence-corrected chi connectivity index (χ1v) is 7.05. The molecule has 1 aliphatic heterocycles. The molecule has 1 heterocycles. The molecule has 2 rings (SSSR count). The van der Waals surface area contributed by atoms with Crippen LogP contribution in [0.15, 0.2) is 18.2 Å². The summed E-state index contributed by atoms with van der Waals surface area (Å²) < 4.78 is 4.99. The lowest BCUT2D eigenvalue weighted by molar-refractivity contribution is -0.119. The van der Waals surface area contributed by atoms with Gasteiger partial charge in [-0.05, 0) is 36.0 Å². The van der Waals surface area contributed by atoms with E-state index in [1.165, 1.54) is 11.1 Å². The van der Waals surface area contributed by atoms with E-state index in [0.717, 1.165) is 25.1 Å². The fourth-order valence-corrected chi connectivity index (χ4v) is 2.56. The summed E-state index contributed by atoms with van der Waals surface area (Å²) in [6.45, 7) is 5.73. The summed E-state index contributed by atoms with van der Waals surface area (Å²) in [6, 6.07) is 6.51. The Morgan fingerprint density at radius 1 is 1.42 bits per heavy atom. The molecule has 0 bridgehead atoms. The molecular weight excluding hydrogens is 238 g/mol. The van der Waals surface area contributed by atoms with Crippen LogP contribution in [0.3, 0.4) is 0 Å². The highest BCUT2D eigenvalue weighted by Gasteiger charge is 2.22. The van der Waals surface area contributed by atoms with Gasteiger partial charge >= 0.3 is 0 Å². The lowest BCUT2D eigenvalue weighted by Gasteiger charge is -2.30. The maximum absolute atomic E-state index is 12.2. The first-order chi connectivity index (χ1) is 9.13. The number of hydrogen-bond donors (Lipinski definition) is 0. The molecule has 0 saturated heterocycles. The van der Waals surface area contributed by atoms with E-state index in [9.17, 15) is 4.79 Å². The number of rotatable bonds is 4. The number of anilines is 1. The zero-order valence-corrected chi connectivity index (χ0v) is 12.1. The molecule has 0 unspecified atom stereocenters. The van der Waals surface area contributed by atoms with Crippen molar-refractivity contribution in [3.63, 3.8) is 0 Å². The Kier molecular flexibility index (Phi) is 4.59. The molecule has 0 N–H and O–H groups in total. The summed E-state index contributed by atoms with van der Waals surface area (Å²) in [6.07, 6.45) is 2.58. The third-order valence-corrected chi connectivity index (χ3v) is 3.71. The van der Waals surface area contributed by atoms with Gasteiger partial charge in [0.1, 0.15) is 0 Å². The molecule has 1 amide bonds. The molecule has 3 heteroatoms. The van der Waals surface area contributed by atoms with Gasteiger partial charge in [0.25, 0.3) is 0 Å². The Labute approximate surface area is 115 Å². The van der Waals surface area contributed by atoms with Gasteiger partial charge in [-0.2, -0.15) is 0 Å². The van der Waals surface area contributed by atoms with Crippen molar-refractivity contribution < 1.29 is 9.53 Å². The Hall–Kier alpha value is -1.35. The maximum Gasteiger partial charge on any atom is 0.229 e. The molecule has 0 radical (unpaired) electrons. The van der Waals surface area contributed by atoms with Crippen LogP contribution in [0, 0.1) is 0 Å². The van der Waals surface area contributed by atoms with Gasteiger partial charge in [-0.25, -0.2) is 0 Å². The normalized spacial score (nSPS) is 14.6. The molecule has 0 atom stereocenters. The van der Waals surface area contributed by atoms with Crippen LogP contribution in [0.25, 0.3) is 0 Å². The molecule has 1 aromatic rings. The quantitative estimate of drug-likeness (QED) is 0.833. The number of amides is 1. The van der Waals surface area contributed by atoms with Crippen molar-refractivity contribution in [2.24, 2.45) is 0 Å². The van der Waals surface area contributed by atoms with Gasteiger partial charge in [0.2, 0.25) is 5.91 Å². The summed E-state index contributed by atoms with van der Waals surface area (Å²) in [4.78, 5) is 14.1. The van der Waals surface area contributed by atoms with Crippen LogP contribution in [-0.2, 0) is 16.0 Å². The smallest absolute Gasteiger partial charge is 0.229 e. The van der Waals surface area contributed by atoms with Crippen molar-refractivity contribution in [1.82, 2.24) is 0 Å². The highest BCUT2D eigenvalue weighted by Crippen LogP contribution is 2.30. The number of hydrogen-bond acceptors (Lipinski definition) is 2. The number of fused-ring (bicyclic) bond motifs is 1. The van der Waals surface area contributed by atoms with Crippen molar-refractivity contribution in [3.8, 4) is 0 Å². The van der Waals surface area contributed by atoms with Crippen molar-refractivity contribution in [2.75, 3.05) is 25.2 Å². The largest absolute Gasteiger partial charge is 0.384 e. The number of ether oxygens (including phenoxy) is 1. The van der Waals surface area contributed by atoms with E-state index in [-0.39, 0.29) is 5.91 Å². The van der Waals surface area contributed by atoms with Crippen LogP contribution < -0.4 is 4.90 Å². The first kappa shape index (κ1) is 14.1. The predicted molar refractivity (Wildman–Crippen MR) is 77.7 cm³/mol. The van der Waals surface area contributed by atoms with Gasteiger partial charge in [-0.3, -0.25) is 4.79 Å². The Balaban J connectivity index is 2.22. The second-order valence-electron chi connectivity index (χ2n) is 5.43. The van der Waals surface area contributed by atoms with Crippen molar-refractivity contribution >= 4 is 11.6 Å². The lowest BCUT2D eigenvalue weighted by atomic mass is 9.94. The molecular formula is C16H23NO2. The van der Waals surface area contributed by atoms with Crippen LogP contribution in [0.1, 0.15) is 43.7 Å². The number of nitrogens with zero attached hydrogens (tertiary/aromatic N) is 1. The molecule has 19 heavy (non-hydrogen) atoms. The Morgan fingerprint density at radius 3 is 2.89 bits per heavy atom. The summed E-state index contributed by atoms with van der Waals surface area (Å²) in [5.41, 5.74) is 3.75. The number of methoxy groups -OCH3 is 1. The minimum atomic E-state index is 0.167. The average molecular weight is 261 g/mol. The molecule has 3 nitrogen and oxygen atoms in total.